The topological polar surface area (TPSA) is 41.6 Å². The molecule has 1 atom stereocenters. The first-order valence-corrected chi connectivity index (χ1v) is 7.81. The fourth-order valence-corrected chi connectivity index (χ4v) is 2.51. The van der Waals surface area contributed by atoms with Crippen LogP contribution < -0.4 is 5.32 Å². The van der Waals surface area contributed by atoms with Gasteiger partial charge < -0.3 is 10.1 Å². The van der Waals surface area contributed by atoms with Crippen LogP contribution in [0.4, 0.5) is 0 Å². The molecule has 0 saturated carbocycles. The third-order valence-corrected chi connectivity index (χ3v) is 3.86. The molecule has 4 heteroatoms. The van der Waals surface area contributed by atoms with E-state index in [0.717, 1.165) is 26.0 Å². The minimum Gasteiger partial charge on any atom is -0.376 e. The zero-order valence-electron chi connectivity index (χ0n) is 13.0. The highest BCUT2D eigenvalue weighted by atomic mass is 16.5. The minimum absolute atomic E-state index is 0.0788. The van der Waals surface area contributed by atoms with Gasteiger partial charge in [0.1, 0.15) is 0 Å². The number of nitrogens with one attached hydrogen (secondary N) is 1. The molecule has 1 saturated heterocycles. The molecule has 0 aliphatic carbocycles. The van der Waals surface area contributed by atoms with Crippen molar-refractivity contribution >= 4 is 5.91 Å². The monoisotopic (exact) mass is 290 g/mol. The van der Waals surface area contributed by atoms with Crippen LogP contribution in [0.15, 0.2) is 30.3 Å². The predicted octanol–water partition coefficient (Wildman–Crippen LogP) is 2.19. The highest BCUT2D eigenvalue weighted by molar-refractivity contribution is 5.78. The number of benzene rings is 1. The van der Waals surface area contributed by atoms with E-state index < -0.39 is 0 Å². The van der Waals surface area contributed by atoms with Crippen LogP contribution in [0.1, 0.15) is 32.3 Å². The maximum Gasteiger partial charge on any atom is 0.234 e. The van der Waals surface area contributed by atoms with E-state index in [1.807, 2.05) is 18.2 Å². The Morgan fingerprint density at radius 2 is 2.14 bits per heavy atom. The third kappa shape index (κ3) is 5.48. The van der Waals surface area contributed by atoms with Gasteiger partial charge in [0.25, 0.3) is 0 Å². The largest absolute Gasteiger partial charge is 0.376 e. The van der Waals surface area contributed by atoms with Gasteiger partial charge in [-0.05, 0) is 32.3 Å². The molecule has 1 fully saturated rings. The lowest BCUT2D eigenvalue weighted by Gasteiger charge is -2.26. The van der Waals surface area contributed by atoms with Gasteiger partial charge in [-0.2, -0.15) is 0 Å². The second-order valence-corrected chi connectivity index (χ2v) is 5.92. The van der Waals surface area contributed by atoms with Crippen LogP contribution in [-0.2, 0) is 16.1 Å². The Bertz CT molecular complexity index is 428. The van der Waals surface area contributed by atoms with Gasteiger partial charge in [-0.3, -0.25) is 9.69 Å². The van der Waals surface area contributed by atoms with E-state index in [4.69, 9.17) is 4.74 Å². The minimum atomic E-state index is 0.0788. The summed E-state index contributed by atoms with van der Waals surface area (Å²) in [5.41, 5.74) is 1.23. The summed E-state index contributed by atoms with van der Waals surface area (Å²) >= 11 is 0. The Kier molecular flexibility index (Phi) is 6.21. The number of hydrogen-bond acceptors (Lipinski definition) is 3. The van der Waals surface area contributed by atoms with Crippen LogP contribution in [0.2, 0.25) is 0 Å². The molecule has 1 N–H and O–H groups in total. The SMILES string of the molecule is CC(C)N(CC(=O)NCC1CCCO1)Cc1ccccc1. The average Bonchev–Trinajstić information content (AvgIpc) is 2.99. The van der Waals surface area contributed by atoms with E-state index in [1.54, 1.807) is 0 Å². The smallest absolute Gasteiger partial charge is 0.234 e. The molecule has 21 heavy (non-hydrogen) atoms. The second kappa shape index (κ2) is 8.15. The second-order valence-electron chi connectivity index (χ2n) is 5.92. The summed E-state index contributed by atoms with van der Waals surface area (Å²) in [5.74, 6) is 0.0788. The fourth-order valence-electron chi connectivity index (χ4n) is 2.51. The normalized spacial score (nSPS) is 18.4. The van der Waals surface area contributed by atoms with Crippen LogP contribution in [-0.4, -0.2) is 42.6 Å². The summed E-state index contributed by atoms with van der Waals surface area (Å²) in [6, 6.07) is 10.6. The highest BCUT2D eigenvalue weighted by Gasteiger charge is 2.18. The molecular weight excluding hydrogens is 264 g/mol. The van der Waals surface area contributed by atoms with Crippen LogP contribution in [0, 0.1) is 0 Å². The quantitative estimate of drug-likeness (QED) is 0.837. The van der Waals surface area contributed by atoms with Crippen LogP contribution in [0.3, 0.4) is 0 Å². The Labute approximate surface area is 127 Å². The molecule has 1 unspecified atom stereocenters. The number of amides is 1. The van der Waals surface area contributed by atoms with E-state index in [-0.39, 0.29) is 12.0 Å². The first kappa shape index (κ1) is 16.0. The number of carbonyl (C=O) groups excluding carboxylic acids is 1. The van der Waals surface area contributed by atoms with E-state index in [1.165, 1.54) is 5.56 Å². The number of hydrogen-bond donors (Lipinski definition) is 1. The molecule has 1 aliphatic rings. The molecule has 0 bridgehead atoms. The Hall–Kier alpha value is -1.39. The zero-order valence-corrected chi connectivity index (χ0v) is 13.0. The lowest BCUT2D eigenvalue weighted by molar-refractivity contribution is -0.123. The molecule has 0 aromatic heterocycles. The summed E-state index contributed by atoms with van der Waals surface area (Å²) in [6.07, 6.45) is 2.36. The summed E-state index contributed by atoms with van der Waals surface area (Å²) in [4.78, 5) is 14.3. The van der Waals surface area contributed by atoms with Crippen molar-refractivity contribution in [1.29, 1.82) is 0 Å². The van der Waals surface area contributed by atoms with Gasteiger partial charge in [0.05, 0.1) is 12.6 Å². The number of carbonyl (C=O) groups is 1. The summed E-state index contributed by atoms with van der Waals surface area (Å²) in [6.45, 7) is 6.93. The van der Waals surface area contributed by atoms with Crippen molar-refractivity contribution in [2.45, 2.75) is 45.4 Å². The van der Waals surface area contributed by atoms with Crippen molar-refractivity contribution in [3.05, 3.63) is 35.9 Å². The van der Waals surface area contributed by atoms with Crippen molar-refractivity contribution < 1.29 is 9.53 Å². The van der Waals surface area contributed by atoms with Gasteiger partial charge in [-0.15, -0.1) is 0 Å². The van der Waals surface area contributed by atoms with E-state index in [9.17, 15) is 4.79 Å². The van der Waals surface area contributed by atoms with E-state index in [0.29, 0.717) is 19.1 Å². The third-order valence-electron chi connectivity index (χ3n) is 3.86. The van der Waals surface area contributed by atoms with Gasteiger partial charge in [0.15, 0.2) is 0 Å². The maximum atomic E-state index is 12.1. The first-order valence-electron chi connectivity index (χ1n) is 7.81. The zero-order chi connectivity index (χ0) is 15.1. The van der Waals surface area contributed by atoms with Crippen molar-refractivity contribution in [3.8, 4) is 0 Å². The van der Waals surface area contributed by atoms with Crippen LogP contribution in [0.25, 0.3) is 0 Å². The number of ether oxygens (including phenoxy) is 1. The number of nitrogens with zero attached hydrogens (tertiary/aromatic N) is 1. The fraction of sp³-hybridized carbons (Fsp3) is 0.588. The molecule has 0 radical (unpaired) electrons. The summed E-state index contributed by atoms with van der Waals surface area (Å²) in [7, 11) is 0. The van der Waals surface area contributed by atoms with Gasteiger partial charge >= 0.3 is 0 Å². The van der Waals surface area contributed by atoms with E-state index in [2.05, 4.69) is 36.2 Å². The van der Waals surface area contributed by atoms with Gasteiger partial charge in [0, 0.05) is 25.7 Å². The van der Waals surface area contributed by atoms with Gasteiger partial charge in [-0.1, -0.05) is 30.3 Å². The van der Waals surface area contributed by atoms with Gasteiger partial charge in [0.2, 0.25) is 5.91 Å². The Balaban J connectivity index is 1.79. The lowest BCUT2D eigenvalue weighted by atomic mass is 10.2. The molecule has 1 aromatic carbocycles. The molecule has 0 spiro atoms. The van der Waals surface area contributed by atoms with Crippen molar-refractivity contribution in [1.82, 2.24) is 10.2 Å². The average molecular weight is 290 g/mol. The Morgan fingerprint density at radius 3 is 2.76 bits per heavy atom. The van der Waals surface area contributed by atoms with Crippen LogP contribution in [0.5, 0.6) is 0 Å². The van der Waals surface area contributed by atoms with E-state index >= 15 is 0 Å². The first-order chi connectivity index (χ1) is 10.1. The molecular formula is C17H26N2O2. The molecule has 1 heterocycles. The summed E-state index contributed by atoms with van der Waals surface area (Å²) < 4.78 is 5.52. The van der Waals surface area contributed by atoms with Gasteiger partial charge in [-0.25, -0.2) is 0 Å². The Morgan fingerprint density at radius 1 is 1.38 bits per heavy atom. The highest BCUT2D eigenvalue weighted by Crippen LogP contribution is 2.11. The standard InChI is InChI=1S/C17H26N2O2/c1-14(2)19(12-15-7-4-3-5-8-15)13-17(20)18-11-16-9-6-10-21-16/h3-5,7-8,14,16H,6,9-13H2,1-2H3,(H,18,20). The van der Waals surface area contributed by atoms with Crippen molar-refractivity contribution in [2.75, 3.05) is 19.7 Å². The molecule has 1 aliphatic heterocycles. The predicted molar refractivity (Wildman–Crippen MR) is 84.0 cm³/mol. The molecule has 2 rings (SSSR count). The maximum absolute atomic E-state index is 12.1. The van der Waals surface area contributed by atoms with Crippen molar-refractivity contribution in [2.24, 2.45) is 0 Å². The molecule has 1 amide bonds. The molecule has 4 nitrogen and oxygen atoms in total. The lowest BCUT2D eigenvalue weighted by Crippen LogP contribution is -2.42. The summed E-state index contributed by atoms with van der Waals surface area (Å²) in [5, 5.41) is 2.99. The number of rotatable bonds is 7. The molecule has 1 aromatic rings. The molecule has 116 valence electrons. The van der Waals surface area contributed by atoms with Crippen LogP contribution >= 0.6 is 0 Å². The van der Waals surface area contributed by atoms with Crippen molar-refractivity contribution in [3.63, 3.8) is 0 Å².